The monoisotopic (exact) mass is 289 g/mol. The van der Waals surface area contributed by atoms with Crippen LogP contribution in [-0.4, -0.2) is 35.2 Å². The van der Waals surface area contributed by atoms with Crippen LogP contribution in [0, 0.1) is 11.3 Å². The van der Waals surface area contributed by atoms with Crippen LogP contribution in [-0.2, 0) is 6.54 Å². The van der Waals surface area contributed by atoms with E-state index in [1.165, 1.54) is 24.8 Å². The van der Waals surface area contributed by atoms with E-state index >= 15 is 0 Å². The fourth-order valence-electron chi connectivity index (χ4n) is 3.23. The molecule has 3 nitrogen and oxygen atoms in total. The van der Waals surface area contributed by atoms with E-state index in [1.54, 1.807) is 12.1 Å². The number of nitrogens with zero attached hydrogens (tertiary/aromatic N) is 1. The molecule has 1 heterocycles. The smallest absolute Gasteiger partial charge is 0.423 e. The molecule has 1 aliphatic rings. The van der Waals surface area contributed by atoms with Crippen molar-refractivity contribution in [3.8, 4) is 0 Å². The second-order valence-corrected chi connectivity index (χ2v) is 7.39. The van der Waals surface area contributed by atoms with Gasteiger partial charge in [-0.2, -0.15) is 0 Å². The first-order chi connectivity index (χ1) is 9.86. The molecule has 21 heavy (non-hydrogen) atoms. The first-order valence-corrected chi connectivity index (χ1v) is 8.03. The number of hydrogen-bond acceptors (Lipinski definition) is 3. The van der Waals surface area contributed by atoms with Crippen molar-refractivity contribution >= 4 is 12.6 Å². The molecule has 2 rings (SSSR count). The average molecular weight is 289 g/mol. The van der Waals surface area contributed by atoms with Gasteiger partial charge in [0.1, 0.15) is 0 Å². The molecule has 0 spiro atoms. The summed E-state index contributed by atoms with van der Waals surface area (Å²) in [5.74, 6) is 0.814. The first kappa shape index (κ1) is 16.5. The van der Waals surface area contributed by atoms with Gasteiger partial charge in [-0.15, -0.1) is 0 Å². The zero-order chi connectivity index (χ0) is 15.5. The SMILES string of the molecule is CC(C)(C)C1CCCN(Cc2ccc(B(O)O)cc2)CC1. The average Bonchev–Trinajstić information content (AvgIpc) is 2.64. The van der Waals surface area contributed by atoms with Crippen LogP contribution in [0.4, 0.5) is 0 Å². The summed E-state index contributed by atoms with van der Waals surface area (Å²) in [4.78, 5) is 2.52. The van der Waals surface area contributed by atoms with Crippen LogP contribution in [0.15, 0.2) is 24.3 Å². The molecule has 1 aliphatic heterocycles. The number of rotatable bonds is 3. The molecule has 0 saturated carbocycles. The summed E-state index contributed by atoms with van der Waals surface area (Å²) in [5, 5.41) is 18.2. The first-order valence-electron chi connectivity index (χ1n) is 8.03. The Labute approximate surface area is 129 Å². The van der Waals surface area contributed by atoms with Gasteiger partial charge in [-0.3, -0.25) is 4.90 Å². The lowest BCUT2D eigenvalue weighted by Crippen LogP contribution is -2.30. The Kier molecular flexibility index (Phi) is 5.47. The van der Waals surface area contributed by atoms with Gasteiger partial charge in [-0.05, 0) is 54.7 Å². The van der Waals surface area contributed by atoms with Gasteiger partial charge < -0.3 is 10.0 Å². The molecule has 1 atom stereocenters. The third-order valence-corrected chi connectivity index (χ3v) is 4.73. The van der Waals surface area contributed by atoms with E-state index in [9.17, 15) is 0 Å². The van der Waals surface area contributed by atoms with E-state index in [2.05, 4.69) is 25.7 Å². The minimum absolute atomic E-state index is 0.412. The molecule has 2 N–H and O–H groups in total. The largest absolute Gasteiger partial charge is 0.488 e. The van der Waals surface area contributed by atoms with Crippen LogP contribution >= 0.6 is 0 Å². The number of likely N-dealkylation sites (tertiary alicyclic amines) is 1. The lowest BCUT2D eigenvalue weighted by Gasteiger charge is -2.29. The highest BCUT2D eigenvalue weighted by molar-refractivity contribution is 6.58. The van der Waals surface area contributed by atoms with E-state index in [4.69, 9.17) is 10.0 Å². The minimum Gasteiger partial charge on any atom is -0.423 e. The molecule has 0 amide bonds. The van der Waals surface area contributed by atoms with Crippen molar-refractivity contribution in [2.75, 3.05) is 13.1 Å². The van der Waals surface area contributed by atoms with E-state index in [-0.39, 0.29) is 0 Å². The normalized spacial score (nSPS) is 21.1. The molecule has 116 valence electrons. The van der Waals surface area contributed by atoms with Gasteiger partial charge >= 0.3 is 7.12 Å². The number of hydrogen-bond donors (Lipinski definition) is 2. The van der Waals surface area contributed by atoms with E-state index in [1.807, 2.05) is 12.1 Å². The second kappa shape index (κ2) is 6.95. The molecular weight excluding hydrogens is 261 g/mol. The predicted molar refractivity (Wildman–Crippen MR) is 88.3 cm³/mol. The van der Waals surface area contributed by atoms with Crippen LogP contribution in [0.5, 0.6) is 0 Å². The minimum atomic E-state index is -1.37. The fraction of sp³-hybridized carbons (Fsp3) is 0.647. The zero-order valence-corrected chi connectivity index (χ0v) is 13.5. The van der Waals surface area contributed by atoms with Gasteiger partial charge in [0.05, 0.1) is 0 Å². The lowest BCUT2D eigenvalue weighted by atomic mass is 9.77. The van der Waals surface area contributed by atoms with Crippen LogP contribution in [0.1, 0.15) is 45.6 Å². The third-order valence-electron chi connectivity index (χ3n) is 4.73. The molecule has 1 aromatic rings. The van der Waals surface area contributed by atoms with E-state index < -0.39 is 7.12 Å². The molecule has 4 heteroatoms. The molecule has 1 fully saturated rings. The van der Waals surface area contributed by atoms with Crippen molar-refractivity contribution in [1.29, 1.82) is 0 Å². The van der Waals surface area contributed by atoms with Gasteiger partial charge in [-0.25, -0.2) is 0 Å². The van der Waals surface area contributed by atoms with Crippen molar-refractivity contribution in [2.45, 2.75) is 46.6 Å². The Hall–Kier alpha value is -0.835. The predicted octanol–water partition coefficient (Wildman–Crippen LogP) is 2.01. The van der Waals surface area contributed by atoms with Crippen LogP contribution in [0.2, 0.25) is 0 Å². The highest BCUT2D eigenvalue weighted by Crippen LogP contribution is 2.34. The van der Waals surface area contributed by atoms with Crippen LogP contribution < -0.4 is 5.46 Å². The van der Waals surface area contributed by atoms with Crippen molar-refractivity contribution in [3.63, 3.8) is 0 Å². The van der Waals surface area contributed by atoms with Crippen molar-refractivity contribution in [3.05, 3.63) is 29.8 Å². The molecule has 1 unspecified atom stereocenters. The highest BCUT2D eigenvalue weighted by Gasteiger charge is 2.26. The van der Waals surface area contributed by atoms with Crippen molar-refractivity contribution < 1.29 is 10.0 Å². The van der Waals surface area contributed by atoms with E-state index in [0.717, 1.165) is 25.6 Å². The molecule has 0 aromatic heterocycles. The summed E-state index contributed by atoms with van der Waals surface area (Å²) < 4.78 is 0. The van der Waals surface area contributed by atoms with Crippen molar-refractivity contribution in [2.24, 2.45) is 11.3 Å². The summed E-state index contributed by atoms with van der Waals surface area (Å²) >= 11 is 0. The molecule has 1 saturated heterocycles. The molecular formula is C17H28BNO2. The quantitative estimate of drug-likeness (QED) is 0.837. The Bertz CT molecular complexity index is 439. The topological polar surface area (TPSA) is 43.7 Å². The Morgan fingerprint density at radius 3 is 2.33 bits per heavy atom. The molecule has 0 radical (unpaired) electrons. The standard InChI is InChI=1S/C17H28BNO2/c1-17(2,3)15-5-4-11-19(12-10-15)13-14-6-8-16(9-7-14)18(20)21/h6-9,15,20-21H,4-5,10-13H2,1-3H3. The van der Waals surface area contributed by atoms with Gasteiger partial charge in [0.25, 0.3) is 0 Å². The Balaban J connectivity index is 1.91. The van der Waals surface area contributed by atoms with E-state index in [0.29, 0.717) is 10.9 Å². The van der Waals surface area contributed by atoms with Gasteiger partial charge in [0, 0.05) is 6.54 Å². The highest BCUT2D eigenvalue weighted by atomic mass is 16.4. The van der Waals surface area contributed by atoms with Crippen molar-refractivity contribution in [1.82, 2.24) is 4.90 Å². The maximum atomic E-state index is 9.12. The van der Waals surface area contributed by atoms with Gasteiger partial charge in [0.15, 0.2) is 0 Å². The molecule has 0 aliphatic carbocycles. The summed E-state index contributed by atoms with van der Waals surface area (Å²) in [6.45, 7) is 10.3. The summed E-state index contributed by atoms with van der Waals surface area (Å²) in [6, 6.07) is 7.60. The number of benzene rings is 1. The van der Waals surface area contributed by atoms with Crippen LogP contribution in [0.25, 0.3) is 0 Å². The summed E-state index contributed by atoms with van der Waals surface area (Å²) in [7, 11) is -1.37. The Morgan fingerprint density at radius 1 is 1.10 bits per heavy atom. The van der Waals surface area contributed by atoms with Gasteiger partial charge in [0.2, 0.25) is 0 Å². The summed E-state index contributed by atoms with van der Waals surface area (Å²) in [5.41, 5.74) is 2.21. The lowest BCUT2D eigenvalue weighted by molar-refractivity contribution is 0.206. The van der Waals surface area contributed by atoms with Gasteiger partial charge in [-0.1, -0.05) is 45.0 Å². The maximum Gasteiger partial charge on any atom is 0.488 e. The zero-order valence-electron chi connectivity index (χ0n) is 13.5. The third kappa shape index (κ3) is 4.84. The molecule has 0 bridgehead atoms. The molecule has 1 aromatic carbocycles. The maximum absolute atomic E-state index is 9.12. The Morgan fingerprint density at radius 2 is 1.76 bits per heavy atom. The second-order valence-electron chi connectivity index (χ2n) is 7.39. The fourth-order valence-corrected chi connectivity index (χ4v) is 3.23. The summed E-state index contributed by atoms with van der Waals surface area (Å²) in [6.07, 6.45) is 3.88. The van der Waals surface area contributed by atoms with Crippen LogP contribution in [0.3, 0.4) is 0 Å².